The molecule has 0 aliphatic carbocycles. The quantitative estimate of drug-likeness (QED) is 0.764. The first-order valence-corrected chi connectivity index (χ1v) is 6.50. The smallest absolute Gasteiger partial charge is 0.107 e. The van der Waals surface area contributed by atoms with E-state index in [0.29, 0.717) is 12.3 Å². The second-order valence-electron chi connectivity index (χ2n) is 4.42. The van der Waals surface area contributed by atoms with Crippen LogP contribution in [0.25, 0.3) is 0 Å². The van der Waals surface area contributed by atoms with Crippen LogP contribution >= 0.6 is 11.3 Å². The lowest BCUT2D eigenvalue weighted by Gasteiger charge is -2.21. The third-order valence-corrected chi connectivity index (χ3v) is 3.14. The largest absolute Gasteiger partial charge is 0.295 e. The maximum absolute atomic E-state index is 8.63. The van der Waals surface area contributed by atoms with Crippen molar-refractivity contribution in [2.75, 3.05) is 13.1 Å². The van der Waals surface area contributed by atoms with Gasteiger partial charge in [0.05, 0.1) is 12.6 Å². The number of nitrogens with zero attached hydrogens (tertiary/aromatic N) is 3. The fraction of sp³-hybridized carbons (Fsp3) is 0.667. The van der Waals surface area contributed by atoms with E-state index in [-0.39, 0.29) is 0 Å². The Hall–Kier alpha value is -0.920. The molecule has 0 aromatic carbocycles. The molecule has 0 spiro atoms. The molecule has 3 nitrogen and oxygen atoms in total. The van der Waals surface area contributed by atoms with Crippen molar-refractivity contribution in [2.45, 2.75) is 33.7 Å². The Morgan fingerprint density at radius 1 is 1.56 bits per heavy atom. The average molecular weight is 237 g/mol. The Morgan fingerprint density at radius 2 is 2.31 bits per heavy atom. The minimum Gasteiger partial charge on any atom is -0.295 e. The summed E-state index contributed by atoms with van der Waals surface area (Å²) in [4.78, 5) is 6.77. The molecule has 1 aromatic heterocycles. The summed E-state index contributed by atoms with van der Waals surface area (Å²) in [6, 6.07) is 2.20. The molecule has 1 rings (SSSR count). The molecule has 0 saturated heterocycles. The molecule has 88 valence electrons. The summed E-state index contributed by atoms with van der Waals surface area (Å²) in [7, 11) is 0. The standard InChI is InChI=1S/C12H19N3S/c1-10(2)7-15(6-4-5-13)8-12-14-11(3)9-16-12/h9-10H,4,6-8H2,1-3H3. The molecule has 0 atom stereocenters. The second kappa shape index (κ2) is 6.62. The zero-order valence-electron chi connectivity index (χ0n) is 10.2. The molecule has 0 bridgehead atoms. The van der Waals surface area contributed by atoms with Gasteiger partial charge in [-0.25, -0.2) is 4.98 Å². The van der Waals surface area contributed by atoms with E-state index in [1.165, 1.54) is 0 Å². The van der Waals surface area contributed by atoms with E-state index in [4.69, 9.17) is 5.26 Å². The first-order chi connectivity index (χ1) is 7.61. The number of aryl methyl sites for hydroxylation is 1. The monoisotopic (exact) mass is 237 g/mol. The molecule has 1 aromatic rings. The summed E-state index contributed by atoms with van der Waals surface area (Å²) in [6.07, 6.45) is 0.594. The number of hydrogen-bond acceptors (Lipinski definition) is 4. The minimum atomic E-state index is 0.594. The summed E-state index contributed by atoms with van der Waals surface area (Å²) < 4.78 is 0. The second-order valence-corrected chi connectivity index (χ2v) is 5.36. The maximum Gasteiger partial charge on any atom is 0.107 e. The molecule has 0 amide bonds. The topological polar surface area (TPSA) is 39.9 Å². The van der Waals surface area contributed by atoms with Crippen LogP contribution in [0, 0.1) is 24.2 Å². The summed E-state index contributed by atoms with van der Waals surface area (Å²) >= 11 is 1.70. The van der Waals surface area contributed by atoms with Gasteiger partial charge in [0.25, 0.3) is 0 Å². The fourth-order valence-corrected chi connectivity index (χ4v) is 2.44. The molecule has 16 heavy (non-hydrogen) atoms. The van der Waals surface area contributed by atoms with Crippen LogP contribution in [-0.4, -0.2) is 23.0 Å². The van der Waals surface area contributed by atoms with E-state index in [1.54, 1.807) is 11.3 Å². The number of aromatic nitrogens is 1. The van der Waals surface area contributed by atoms with Crippen LogP contribution in [0.1, 0.15) is 31.0 Å². The molecule has 4 heteroatoms. The van der Waals surface area contributed by atoms with Gasteiger partial charge < -0.3 is 0 Å². The highest BCUT2D eigenvalue weighted by atomic mass is 32.1. The van der Waals surface area contributed by atoms with Crippen LogP contribution in [0.3, 0.4) is 0 Å². The van der Waals surface area contributed by atoms with Crippen molar-refractivity contribution >= 4 is 11.3 Å². The molecule has 0 fully saturated rings. The van der Waals surface area contributed by atoms with Gasteiger partial charge in [-0.2, -0.15) is 5.26 Å². The van der Waals surface area contributed by atoms with E-state index in [1.807, 2.05) is 6.92 Å². The van der Waals surface area contributed by atoms with Gasteiger partial charge >= 0.3 is 0 Å². The molecule has 0 N–H and O–H groups in total. The van der Waals surface area contributed by atoms with Crippen molar-refractivity contribution in [2.24, 2.45) is 5.92 Å². The van der Waals surface area contributed by atoms with Crippen LogP contribution in [0.5, 0.6) is 0 Å². The molecular formula is C12H19N3S. The Bertz CT molecular complexity index is 351. The molecule has 0 saturated carbocycles. The van der Waals surface area contributed by atoms with E-state index in [2.05, 4.69) is 35.2 Å². The first kappa shape index (κ1) is 13.1. The van der Waals surface area contributed by atoms with E-state index in [9.17, 15) is 0 Å². The predicted molar refractivity (Wildman–Crippen MR) is 67.2 cm³/mol. The van der Waals surface area contributed by atoms with E-state index in [0.717, 1.165) is 30.3 Å². The summed E-state index contributed by atoms with van der Waals surface area (Å²) in [6.45, 7) is 9.16. The Balaban J connectivity index is 2.52. The average Bonchev–Trinajstić information content (AvgIpc) is 2.59. The Kier molecular flexibility index (Phi) is 5.44. The summed E-state index contributed by atoms with van der Waals surface area (Å²) in [5.41, 5.74) is 1.09. The zero-order valence-corrected chi connectivity index (χ0v) is 11.0. The van der Waals surface area contributed by atoms with E-state index >= 15 is 0 Å². The molecule has 0 aliphatic rings. The predicted octanol–water partition coefficient (Wildman–Crippen LogP) is 2.82. The van der Waals surface area contributed by atoms with Crippen molar-refractivity contribution in [1.29, 1.82) is 5.26 Å². The highest BCUT2D eigenvalue weighted by Crippen LogP contribution is 2.13. The number of thiazole rings is 1. The van der Waals surface area contributed by atoms with Crippen LogP contribution in [-0.2, 0) is 6.54 Å². The molecule has 0 radical (unpaired) electrons. The SMILES string of the molecule is Cc1csc(CN(CCC#N)CC(C)C)n1. The van der Waals surface area contributed by atoms with Crippen LogP contribution in [0.4, 0.5) is 0 Å². The van der Waals surface area contributed by atoms with Gasteiger partial charge in [-0.3, -0.25) is 4.90 Å². The van der Waals surface area contributed by atoms with Gasteiger partial charge in [-0.1, -0.05) is 13.8 Å². The normalized spacial score (nSPS) is 11.0. The number of rotatable bonds is 6. The molecule has 0 unspecified atom stereocenters. The van der Waals surface area contributed by atoms with Crippen molar-refractivity contribution < 1.29 is 0 Å². The fourth-order valence-electron chi connectivity index (χ4n) is 1.63. The minimum absolute atomic E-state index is 0.594. The third kappa shape index (κ3) is 4.73. The van der Waals surface area contributed by atoms with E-state index < -0.39 is 0 Å². The van der Waals surface area contributed by atoms with Gasteiger partial charge in [0.15, 0.2) is 0 Å². The van der Waals surface area contributed by atoms with Gasteiger partial charge in [0.2, 0.25) is 0 Å². The van der Waals surface area contributed by atoms with Crippen molar-refractivity contribution in [3.05, 3.63) is 16.1 Å². The lowest BCUT2D eigenvalue weighted by Crippen LogP contribution is -2.28. The van der Waals surface area contributed by atoms with Crippen LogP contribution in [0.2, 0.25) is 0 Å². The maximum atomic E-state index is 8.63. The highest BCUT2D eigenvalue weighted by Gasteiger charge is 2.09. The lowest BCUT2D eigenvalue weighted by molar-refractivity contribution is 0.241. The van der Waals surface area contributed by atoms with Gasteiger partial charge in [-0.15, -0.1) is 11.3 Å². The molecular weight excluding hydrogens is 218 g/mol. The van der Waals surface area contributed by atoms with Crippen LogP contribution < -0.4 is 0 Å². The third-order valence-electron chi connectivity index (χ3n) is 2.19. The van der Waals surface area contributed by atoms with Crippen molar-refractivity contribution in [1.82, 2.24) is 9.88 Å². The van der Waals surface area contributed by atoms with Gasteiger partial charge in [0, 0.05) is 30.6 Å². The Labute approximate surface area is 102 Å². The van der Waals surface area contributed by atoms with Crippen LogP contribution in [0.15, 0.2) is 5.38 Å². The highest BCUT2D eigenvalue weighted by molar-refractivity contribution is 7.09. The van der Waals surface area contributed by atoms with Gasteiger partial charge in [0.1, 0.15) is 5.01 Å². The summed E-state index contributed by atoms with van der Waals surface area (Å²) in [5, 5.41) is 11.9. The van der Waals surface area contributed by atoms with Gasteiger partial charge in [-0.05, 0) is 12.8 Å². The number of hydrogen-bond donors (Lipinski definition) is 0. The summed E-state index contributed by atoms with van der Waals surface area (Å²) in [5.74, 6) is 0.625. The molecule has 1 heterocycles. The zero-order chi connectivity index (χ0) is 12.0. The van der Waals surface area contributed by atoms with Crippen molar-refractivity contribution in [3.63, 3.8) is 0 Å². The Morgan fingerprint density at radius 3 is 2.81 bits per heavy atom. The molecule has 0 aliphatic heterocycles. The number of nitriles is 1. The first-order valence-electron chi connectivity index (χ1n) is 5.62. The lowest BCUT2D eigenvalue weighted by atomic mass is 10.2. The van der Waals surface area contributed by atoms with Crippen molar-refractivity contribution in [3.8, 4) is 6.07 Å².